The van der Waals surface area contributed by atoms with E-state index in [1.807, 2.05) is 0 Å². The van der Waals surface area contributed by atoms with Crippen LogP contribution in [0, 0.1) is 0 Å². The summed E-state index contributed by atoms with van der Waals surface area (Å²) in [5, 5.41) is 4.81. The molecule has 0 amide bonds. The van der Waals surface area contributed by atoms with Crippen LogP contribution in [0.3, 0.4) is 0 Å². The fraction of sp³-hybridized carbons (Fsp3) is 0.0192. The van der Waals surface area contributed by atoms with Gasteiger partial charge in [0, 0.05) is 73.7 Å². The van der Waals surface area contributed by atoms with Crippen LogP contribution in [-0.2, 0) is 10.8 Å². The molecular weight excluding hydrogens is 1400 g/mol. The van der Waals surface area contributed by atoms with Gasteiger partial charge in [0.2, 0.25) is 0 Å². The Balaban J connectivity index is 0.667. The fourth-order valence-corrected chi connectivity index (χ4v) is 21.2. The Morgan fingerprint density at radius 1 is 0.179 bits per heavy atom. The van der Waals surface area contributed by atoms with Gasteiger partial charge >= 0.3 is 0 Å². The topological polar surface area (TPSA) is 77.3 Å². The predicted molar refractivity (Wildman–Crippen MR) is 462 cm³/mol. The monoisotopic (exact) mass is 1460 g/mol. The average Bonchev–Trinajstić information content (AvgIpc) is 1.50. The van der Waals surface area contributed by atoms with Crippen molar-refractivity contribution in [2.45, 2.75) is 10.8 Å². The number of thiophene rings is 2. The van der Waals surface area contributed by atoms with Gasteiger partial charge in [-0.15, -0.1) is 22.7 Å². The van der Waals surface area contributed by atoms with Gasteiger partial charge in [-0.25, -0.2) is 29.9 Å². The summed E-state index contributed by atoms with van der Waals surface area (Å²) in [6.07, 6.45) is 0. The molecule has 0 aliphatic heterocycles. The lowest BCUT2D eigenvalue weighted by molar-refractivity contribution is 0.768. The van der Waals surface area contributed by atoms with Crippen LogP contribution in [0.4, 0.5) is 0 Å². The number of nitrogens with zero attached hydrogens (tertiary/aromatic N) is 6. The van der Waals surface area contributed by atoms with Crippen LogP contribution in [0.1, 0.15) is 44.5 Å². The summed E-state index contributed by atoms with van der Waals surface area (Å²) in [4.78, 5) is 33.6. The highest BCUT2D eigenvalue weighted by Gasteiger charge is 2.53. The summed E-state index contributed by atoms with van der Waals surface area (Å²) >= 11 is 3.57. The van der Waals surface area contributed by atoms with E-state index in [1.165, 1.54) is 97.7 Å². The van der Waals surface area contributed by atoms with Gasteiger partial charge < -0.3 is 0 Å². The fourth-order valence-electron chi connectivity index (χ4n) is 18.8. The van der Waals surface area contributed by atoms with Crippen molar-refractivity contribution in [1.29, 1.82) is 0 Å². The van der Waals surface area contributed by atoms with Crippen molar-refractivity contribution in [3.05, 3.63) is 421 Å². The standard InChI is InChI=1S/C104H62N6S2/c1-4-28-63(29-5-1)70-36-10-12-42-79(70)99-107-100(110-102(109-99)84-49-26-46-78-76-41-18-23-55-93(76)112-96(78)84)82-47-27-53-90-94(82)81-44-16-21-52-88(81)104(90)87-51-20-15-39-73(87)85-61-65(57-59-89(85)104)64-30-24-31-66(60-64)71-37-11-13-43-80(71)98-105-97(106-101(108-98)83-48-25-45-77-75-40-17-22-54-92(75)111-95(77)83)67-56-58-74-72-38-14-19-50-86(72)103(91(74)62-67,68-32-6-2-7-33-68)69-34-8-3-9-35-69/h1-62H. The third kappa shape index (κ3) is 9.56. The van der Waals surface area contributed by atoms with Crippen LogP contribution in [0.25, 0.3) is 175 Å². The molecule has 1 unspecified atom stereocenters. The van der Waals surface area contributed by atoms with Gasteiger partial charge in [0.25, 0.3) is 0 Å². The number of rotatable bonds is 11. The molecule has 0 radical (unpaired) electrons. The second-order valence-corrected chi connectivity index (χ2v) is 31.4. The molecule has 4 aromatic heterocycles. The molecule has 112 heavy (non-hydrogen) atoms. The molecule has 1 spiro atoms. The van der Waals surface area contributed by atoms with Crippen molar-refractivity contribution in [3.8, 4) is 135 Å². The second-order valence-electron chi connectivity index (χ2n) is 29.3. The van der Waals surface area contributed by atoms with E-state index in [0.717, 1.165) is 87.3 Å². The molecule has 0 saturated carbocycles. The van der Waals surface area contributed by atoms with Gasteiger partial charge in [0.15, 0.2) is 34.9 Å². The predicted octanol–water partition coefficient (Wildman–Crippen LogP) is 26.5. The van der Waals surface area contributed by atoms with Crippen LogP contribution in [0.5, 0.6) is 0 Å². The summed E-state index contributed by atoms with van der Waals surface area (Å²) in [5.74, 6) is 3.68. The summed E-state index contributed by atoms with van der Waals surface area (Å²) in [5.41, 5.74) is 27.6. The molecule has 23 rings (SSSR count). The van der Waals surface area contributed by atoms with E-state index in [4.69, 9.17) is 29.9 Å². The number of aromatic nitrogens is 6. The Morgan fingerprint density at radius 3 is 1.15 bits per heavy atom. The molecule has 0 bridgehead atoms. The van der Waals surface area contributed by atoms with E-state index in [-0.39, 0.29) is 0 Å². The average molecular weight is 1460 g/mol. The molecule has 20 aromatic rings. The smallest absolute Gasteiger partial charge is 0.165 e. The molecule has 3 aliphatic rings. The Morgan fingerprint density at radius 2 is 0.545 bits per heavy atom. The first kappa shape index (κ1) is 64.0. The van der Waals surface area contributed by atoms with Crippen molar-refractivity contribution in [1.82, 2.24) is 29.9 Å². The number of hydrogen-bond donors (Lipinski definition) is 0. The van der Waals surface area contributed by atoms with Crippen molar-refractivity contribution < 1.29 is 0 Å². The molecule has 3 aliphatic carbocycles. The molecule has 1 atom stereocenters. The zero-order chi connectivity index (χ0) is 73.6. The van der Waals surface area contributed by atoms with Crippen LogP contribution < -0.4 is 0 Å². The lowest BCUT2D eigenvalue weighted by atomic mass is 9.67. The van der Waals surface area contributed by atoms with Gasteiger partial charge in [-0.3, -0.25) is 0 Å². The Hall–Kier alpha value is -14.0. The first-order chi connectivity index (χ1) is 55.5. The zero-order valence-electron chi connectivity index (χ0n) is 60.3. The molecule has 8 heteroatoms. The summed E-state index contributed by atoms with van der Waals surface area (Å²) in [6, 6.07) is 137. The highest BCUT2D eigenvalue weighted by Crippen LogP contribution is 2.65. The van der Waals surface area contributed by atoms with Crippen LogP contribution >= 0.6 is 22.7 Å². The van der Waals surface area contributed by atoms with E-state index in [9.17, 15) is 0 Å². The molecule has 16 aromatic carbocycles. The largest absolute Gasteiger partial charge is 0.208 e. The third-order valence-corrected chi connectivity index (χ3v) is 26.0. The van der Waals surface area contributed by atoms with Crippen LogP contribution in [0.2, 0.25) is 0 Å². The molecule has 520 valence electrons. The highest BCUT2D eigenvalue weighted by molar-refractivity contribution is 7.26. The van der Waals surface area contributed by atoms with Crippen LogP contribution in [-0.4, -0.2) is 29.9 Å². The number of hydrogen-bond acceptors (Lipinski definition) is 8. The van der Waals surface area contributed by atoms with Gasteiger partial charge in [0.1, 0.15) is 0 Å². The maximum absolute atomic E-state index is 5.64. The summed E-state index contributed by atoms with van der Waals surface area (Å²) in [7, 11) is 0. The van der Waals surface area contributed by atoms with Crippen molar-refractivity contribution in [2.75, 3.05) is 0 Å². The zero-order valence-corrected chi connectivity index (χ0v) is 61.9. The van der Waals surface area contributed by atoms with E-state index < -0.39 is 10.8 Å². The van der Waals surface area contributed by atoms with Crippen molar-refractivity contribution in [2.24, 2.45) is 0 Å². The SMILES string of the molecule is c1ccc(-c2ccccc2-c2nc(-c3cccc4c3-c3ccccc3C43c4ccccc4-c4cc(-c5cccc(-c6ccccc6-c6nc(-c7ccc8c(c7)C(c7ccccc7)(c7ccccc7)c7ccccc7-8)nc(-c7cccc8c7sc7ccccc78)n6)c5)ccc43)nc(-c3cccc4c3sc3ccccc34)n2)cc1. The quantitative estimate of drug-likeness (QED) is 0.128. The lowest BCUT2D eigenvalue weighted by Gasteiger charge is -2.34. The van der Waals surface area contributed by atoms with Crippen molar-refractivity contribution >= 4 is 63.0 Å². The maximum Gasteiger partial charge on any atom is 0.165 e. The van der Waals surface area contributed by atoms with E-state index in [1.54, 1.807) is 22.7 Å². The summed E-state index contributed by atoms with van der Waals surface area (Å²) in [6.45, 7) is 0. The maximum atomic E-state index is 5.64. The first-order valence-corrected chi connectivity index (χ1v) is 39.7. The van der Waals surface area contributed by atoms with E-state index >= 15 is 0 Å². The van der Waals surface area contributed by atoms with E-state index in [2.05, 4.69) is 376 Å². The van der Waals surface area contributed by atoms with Crippen LogP contribution in [0.15, 0.2) is 376 Å². The van der Waals surface area contributed by atoms with Gasteiger partial charge in [-0.05, 0) is 154 Å². The second kappa shape index (κ2) is 25.3. The summed E-state index contributed by atoms with van der Waals surface area (Å²) < 4.78 is 4.73. The molecule has 0 saturated heterocycles. The first-order valence-electron chi connectivity index (χ1n) is 38.1. The number of benzene rings is 16. The van der Waals surface area contributed by atoms with Gasteiger partial charge in [-0.2, -0.15) is 0 Å². The van der Waals surface area contributed by atoms with Gasteiger partial charge in [-0.1, -0.05) is 334 Å². The third-order valence-electron chi connectivity index (χ3n) is 23.6. The Labute approximate surface area is 654 Å². The van der Waals surface area contributed by atoms with Gasteiger partial charge in [0.05, 0.1) is 10.8 Å². The minimum atomic E-state index is -0.670. The Bertz CT molecular complexity index is 7250. The highest BCUT2D eigenvalue weighted by atomic mass is 32.1. The molecule has 4 heterocycles. The minimum Gasteiger partial charge on any atom is -0.208 e. The van der Waals surface area contributed by atoms with Crippen molar-refractivity contribution in [3.63, 3.8) is 0 Å². The molecular formula is C104H62N6S2. The molecule has 0 N–H and O–H groups in total. The van der Waals surface area contributed by atoms with E-state index in [0.29, 0.717) is 34.9 Å². The normalized spacial score (nSPS) is 14.0. The lowest BCUT2D eigenvalue weighted by Crippen LogP contribution is -2.28. The Kier molecular flexibility index (Phi) is 14.5. The molecule has 6 nitrogen and oxygen atoms in total. The number of fused-ring (bicyclic) bond motifs is 19. The minimum absolute atomic E-state index is 0.592. The molecule has 0 fully saturated rings.